The molecule has 2 heterocycles. The highest BCUT2D eigenvalue weighted by Gasteiger charge is 2.57. The van der Waals surface area contributed by atoms with E-state index in [1.807, 2.05) is 0 Å². The molecule has 33 heavy (non-hydrogen) atoms. The van der Waals surface area contributed by atoms with Crippen LogP contribution in [0.25, 0.3) is 0 Å². The van der Waals surface area contributed by atoms with Gasteiger partial charge in [-0.15, -0.1) is 6.58 Å². The molecule has 1 fully saturated rings. The van der Waals surface area contributed by atoms with Gasteiger partial charge in [0.2, 0.25) is 0 Å². The van der Waals surface area contributed by atoms with Gasteiger partial charge in [-0.25, -0.2) is 0 Å². The summed E-state index contributed by atoms with van der Waals surface area (Å²) >= 11 is 0. The first kappa shape index (κ1) is 24.4. The third-order valence-corrected chi connectivity index (χ3v) is 13.5. The molecule has 0 saturated carbocycles. The van der Waals surface area contributed by atoms with E-state index < -0.39 is 8.07 Å². The maximum absolute atomic E-state index is 5.56. The number of allylic oxidation sites excluding steroid dienone is 9. The highest BCUT2D eigenvalue weighted by atomic mass is 28.3. The number of fused-ring (bicyclic) bond motifs is 3. The molecule has 178 valence electrons. The zero-order chi connectivity index (χ0) is 23.8. The Morgan fingerprint density at radius 2 is 1.97 bits per heavy atom. The molecular weight excluding hydrogens is 416 g/mol. The topological polar surface area (TPSA) is 24.7 Å². The van der Waals surface area contributed by atoms with Gasteiger partial charge in [0, 0.05) is 17.2 Å². The van der Waals surface area contributed by atoms with Crippen molar-refractivity contribution in [3.63, 3.8) is 0 Å². The standard InChI is InChI=1S/C30H44N2Si/c1-8-21(2)23(4)22(3)19-20-30(5)31-27(24-15-11-9-10-12-16-24)29-28(32-30)25-17-13-14-18-26(25)33(29,6)7/h8-9,11-12,14-16,18,21-23,25-26,29H,1,10,13,17,19-20H2,2-7H3. The van der Waals surface area contributed by atoms with E-state index in [1.54, 1.807) is 0 Å². The van der Waals surface area contributed by atoms with Gasteiger partial charge in [-0.05, 0) is 67.9 Å². The van der Waals surface area contributed by atoms with Gasteiger partial charge >= 0.3 is 0 Å². The summed E-state index contributed by atoms with van der Waals surface area (Å²) in [5.74, 6) is 2.42. The number of nitrogens with zero attached hydrogens (tertiary/aromatic N) is 2. The molecule has 0 aromatic carbocycles. The van der Waals surface area contributed by atoms with Crippen molar-refractivity contribution in [2.75, 3.05) is 0 Å². The third kappa shape index (κ3) is 4.63. The Hall–Kier alpha value is -1.74. The van der Waals surface area contributed by atoms with Crippen molar-refractivity contribution in [1.29, 1.82) is 0 Å². The molecule has 2 nitrogen and oxygen atoms in total. The van der Waals surface area contributed by atoms with E-state index in [0.29, 0.717) is 34.8 Å². The minimum absolute atomic E-state index is 0.349. The maximum atomic E-state index is 5.56. The van der Waals surface area contributed by atoms with Crippen LogP contribution in [0, 0.1) is 23.7 Å². The lowest BCUT2D eigenvalue weighted by molar-refractivity contribution is 0.274. The Morgan fingerprint density at radius 1 is 1.18 bits per heavy atom. The molecule has 0 amide bonds. The molecule has 0 radical (unpaired) electrons. The van der Waals surface area contributed by atoms with Crippen LogP contribution in [0.3, 0.4) is 0 Å². The number of aliphatic imine (C=N–C) groups is 2. The van der Waals surface area contributed by atoms with E-state index in [2.05, 4.69) is 96.0 Å². The van der Waals surface area contributed by atoms with Crippen LogP contribution in [0.2, 0.25) is 24.2 Å². The van der Waals surface area contributed by atoms with Crippen LogP contribution in [-0.4, -0.2) is 25.2 Å². The largest absolute Gasteiger partial charge is 0.264 e. The molecule has 0 N–H and O–H groups in total. The second-order valence-corrected chi connectivity index (χ2v) is 16.7. The Kier molecular flexibility index (Phi) is 7.01. The van der Waals surface area contributed by atoms with Crippen LogP contribution in [0.15, 0.2) is 70.7 Å². The third-order valence-electron chi connectivity index (χ3n) is 9.15. The molecule has 0 bridgehead atoms. The lowest BCUT2D eigenvalue weighted by Crippen LogP contribution is -2.42. The van der Waals surface area contributed by atoms with Gasteiger partial charge in [0.1, 0.15) is 5.66 Å². The fourth-order valence-corrected chi connectivity index (χ4v) is 10.9. The second-order valence-electron chi connectivity index (χ2n) is 11.8. The molecule has 4 aliphatic rings. The zero-order valence-corrected chi connectivity index (χ0v) is 22.7. The average Bonchev–Trinajstić information content (AvgIpc) is 2.99. The normalized spacial score (nSPS) is 34.8. The first-order valence-electron chi connectivity index (χ1n) is 13.2. The predicted octanol–water partition coefficient (Wildman–Crippen LogP) is 8.34. The minimum Gasteiger partial charge on any atom is -0.264 e. The molecular formula is C30H44N2Si. The summed E-state index contributed by atoms with van der Waals surface area (Å²) in [7, 11) is -1.63. The van der Waals surface area contributed by atoms with E-state index >= 15 is 0 Å². The predicted molar refractivity (Wildman–Crippen MR) is 148 cm³/mol. The van der Waals surface area contributed by atoms with Crippen molar-refractivity contribution in [1.82, 2.24) is 0 Å². The number of rotatable bonds is 7. The lowest BCUT2D eigenvalue weighted by atomic mass is 9.80. The van der Waals surface area contributed by atoms with Crippen LogP contribution < -0.4 is 0 Å². The van der Waals surface area contributed by atoms with Crippen molar-refractivity contribution in [2.45, 2.75) is 89.6 Å². The number of hydrogen-bond acceptors (Lipinski definition) is 2. The highest BCUT2D eigenvalue weighted by Crippen LogP contribution is 2.56. The smallest absolute Gasteiger partial charge is 0.147 e. The SMILES string of the molecule is C=CC(C)C(C)C(C)CCC1(C)N=C(C2=CC=CCC=C2)C2C(=N1)C1CCC=CC1[Si]2(C)C. The van der Waals surface area contributed by atoms with E-state index in [-0.39, 0.29) is 5.66 Å². The summed E-state index contributed by atoms with van der Waals surface area (Å²) in [5, 5.41) is 0. The van der Waals surface area contributed by atoms with Gasteiger partial charge < -0.3 is 0 Å². The van der Waals surface area contributed by atoms with E-state index in [1.165, 1.54) is 29.8 Å². The summed E-state index contributed by atoms with van der Waals surface area (Å²) in [6.07, 6.45) is 24.1. The molecule has 7 unspecified atom stereocenters. The van der Waals surface area contributed by atoms with Gasteiger partial charge in [-0.2, -0.15) is 0 Å². The first-order chi connectivity index (χ1) is 15.7. The molecule has 0 aromatic rings. The summed E-state index contributed by atoms with van der Waals surface area (Å²) in [5.41, 5.74) is 4.94. The average molecular weight is 461 g/mol. The Labute approximate surface area is 203 Å². The van der Waals surface area contributed by atoms with E-state index in [9.17, 15) is 0 Å². The van der Waals surface area contributed by atoms with Gasteiger partial charge in [-0.3, -0.25) is 9.98 Å². The van der Waals surface area contributed by atoms with Crippen molar-refractivity contribution >= 4 is 19.5 Å². The molecule has 0 aromatic heterocycles. The van der Waals surface area contributed by atoms with Gasteiger partial charge in [-0.1, -0.05) is 82.5 Å². The monoisotopic (exact) mass is 460 g/mol. The van der Waals surface area contributed by atoms with Crippen molar-refractivity contribution in [2.24, 2.45) is 33.7 Å². The van der Waals surface area contributed by atoms with Gasteiger partial charge in [0.25, 0.3) is 0 Å². The fourth-order valence-electron chi connectivity index (χ4n) is 6.58. The molecule has 2 aliphatic carbocycles. The van der Waals surface area contributed by atoms with Crippen LogP contribution in [0.5, 0.6) is 0 Å². The Bertz CT molecular complexity index is 946. The fraction of sp³-hybridized carbons (Fsp3) is 0.600. The number of hydrogen-bond donors (Lipinski definition) is 0. The van der Waals surface area contributed by atoms with Crippen molar-refractivity contribution in [3.8, 4) is 0 Å². The summed E-state index contributed by atoms with van der Waals surface area (Å²) in [6.45, 7) is 18.5. The highest BCUT2D eigenvalue weighted by molar-refractivity contribution is 6.90. The van der Waals surface area contributed by atoms with E-state index in [4.69, 9.17) is 9.98 Å². The zero-order valence-electron chi connectivity index (χ0n) is 21.7. The van der Waals surface area contributed by atoms with Crippen LogP contribution >= 0.6 is 0 Å². The molecule has 2 aliphatic heterocycles. The summed E-state index contributed by atoms with van der Waals surface area (Å²) in [4.78, 5) is 11.1. The molecule has 3 heteroatoms. The van der Waals surface area contributed by atoms with Gasteiger partial charge in [0.15, 0.2) is 0 Å². The Morgan fingerprint density at radius 3 is 2.73 bits per heavy atom. The maximum Gasteiger partial charge on any atom is 0.147 e. The van der Waals surface area contributed by atoms with Crippen molar-refractivity contribution < 1.29 is 0 Å². The molecule has 4 rings (SSSR count). The summed E-state index contributed by atoms with van der Waals surface area (Å²) in [6, 6.07) is 0. The molecule has 0 spiro atoms. The first-order valence-corrected chi connectivity index (χ1v) is 16.4. The van der Waals surface area contributed by atoms with E-state index in [0.717, 1.165) is 19.3 Å². The Balaban J connectivity index is 1.71. The lowest BCUT2D eigenvalue weighted by Gasteiger charge is -2.37. The van der Waals surface area contributed by atoms with Crippen LogP contribution in [-0.2, 0) is 0 Å². The summed E-state index contributed by atoms with van der Waals surface area (Å²) < 4.78 is 0. The minimum atomic E-state index is -1.63. The van der Waals surface area contributed by atoms with Gasteiger partial charge in [0.05, 0.1) is 13.8 Å². The quantitative estimate of drug-likeness (QED) is 0.269. The van der Waals surface area contributed by atoms with Crippen molar-refractivity contribution in [3.05, 3.63) is 60.8 Å². The van der Waals surface area contributed by atoms with Crippen LogP contribution in [0.1, 0.15) is 59.8 Å². The molecule has 7 atom stereocenters. The second kappa shape index (κ2) is 9.48. The molecule has 1 saturated heterocycles. The van der Waals surface area contributed by atoms with Crippen LogP contribution in [0.4, 0.5) is 0 Å².